The van der Waals surface area contributed by atoms with Crippen molar-refractivity contribution in [3.63, 3.8) is 0 Å². The van der Waals surface area contributed by atoms with Gasteiger partial charge >= 0.3 is 0 Å². The highest BCUT2D eigenvalue weighted by Gasteiger charge is 2.34. The molecule has 1 saturated heterocycles. The number of hydrogen-bond acceptors (Lipinski definition) is 6. The topological polar surface area (TPSA) is 67.1 Å². The second-order valence-electron chi connectivity index (χ2n) is 6.80. The third kappa shape index (κ3) is 3.32. The molecule has 1 aliphatic heterocycles. The Balaban J connectivity index is 1.99. The predicted octanol–water partition coefficient (Wildman–Crippen LogP) is 2.43. The molecular formula is C16H25N5OS. The molecule has 1 unspecified atom stereocenters. The van der Waals surface area contributed by atoms with Crippen molar-refractivity contribution in [2.24, 2.45) is 0 Å². The second kappa shape index (κ2) is 6.67. The molecule has 3 heterocycles. The monoisotopic (exact) mass is 335 g/mol. The fraction of sp³-hybridized carbons (Fsp3) is 0.688. The summed E-state index contributed by atoms with van der Waals surface area (Å²) < 4.78 is 1.97. The average molecular weight is 335 g/mol. The summed E-state index contributed by atoms with van der Waals surface area (Å²) in [6.07, 6.45) is 2.39. The average Bonchev–Trinajstić information content (AvgIpc) is 3.22. The number of aliphatic hydroxyl groups is 1. The van der Waals surface area contributed by atoms with Crippen LogP contribution in [0.1, 0.15) is 56.8 Å². The molecule has 0 bridgehead atoms. The molecule has 126 valence electrons. The Hall–Kier alpha value is -1.31. The first kappa shape index (κ1) is 16.5. The highest BCUT2D eigenvalue weighted by Crippen LogP contribution is 2.34. The fourth-order valence-electron chi connectivity index (χ4n) is 3.01. The number of aromatic nitrogens is 4. The highest BCUT2D eigenvalue weighted by atomic mass is 32.1. The van der Waals surface area contributed by atoms with Crippen molar-refractivity contribution in [3.8, 4) is 0 Å². The van der Waals surface area contributed by atoms with Gasteiger partial charge < -0.3 is 5.11 Å². The molecule has 0 radical (unpaired) electrons. The summed E-state index contributed by atoms with van der Waals surface area (Å²) in [6.45, 7) is 8.21. The van der Waals surface area contributed by atoms with Crippen LogP contribution in [-0.2, 0) is 5.54 Å². The molecular weight excluding hydrogens is 310 g/mol. The molecule has 2 aromatic heterocycles. The van der Waals surface area contributed by atoms with E-state index in [0.717, 1.165) is 38.2 Å². The van der Waals surface area contributed by atoms with Crippen molar-refractivity contribution in [2.75, 3.05) is 13.1 Å². The molecule has 0 spiro atoms. The molecule has 0 aromatic carbocycles. The van der Waals surface area contributed by atoms with Gasteiger partial charge in [-0.2, -0.15) is 0 Å². The molecule has 0 saturated carbocycles. The Labute approximate surface area is 141 Å². The van der Waals surface area contributed by atoms with Crippen LogP contribution in [-0.4, -0.2) is 49.4 Å². The normalized spacial score (nSPS) is 19.1. The third-order valence-electron chi connectivity index (χ3n) is 4.85. The largest absolute Gasteiger partial charge is 0.393 e. The number of tetrazole rings is 1. The highest BCUT2D eigenvalue weighted by molar-refractivity contribution is 7.10. The van der Waals surface area contributed by atoms with Crippen LogP contribution >= 0.6 is 11.3 Å². The van der Waals surface area contributed by atoms with Crippen molar-refractivity contribution in [1.82, 2.24) is 25.1 Å². The van der Waals surface area contributed by atoms with Crippen molar-refractivity contribution >= 4 is 11.3 Å². The standard InChI is InChI=1S/C16H25N5OS/c1-4-16(2,3)21-15(17-18-19-21)14(13-6-5-11-23-13)20-9-7-12(22)8-10-20/h5-6,11-12,14,22H,4,7-10H2,1-3H3. The Bertz CT molecular complexity index is 616. The lowest BCUT2D eigenvalue weighted by molar-refractivity contribution is 0.0654. The van der Waals surface area contributed by atoms with Crippen LogP contribution in [0.5, 0.6) is 0 Å². The summed E-state index contributed by atoms with van der Waals surface area (Å²) >= 11 is 1.74. The first-order chi connectivity index (χ1) is 11.0. The van der Waals surface area contributed by atoms with Gasteiger partial charge in [0.25, 0.3) is 0 Å². The minimum Gasteiger partial charge on any atom is -0.393 e. The lowest BCUT2D eigenvalue weighted by atomic mass is 10.0. The summed E-state index contributed by atoms with van der Waals surface area (Å²) in [6, 6.07) is 4.28. The SMILES string of the molecule is CCC(C)(C)n1nnnc1C(c1cccs1)N1CCC(O)CC1. The Morgan fingerprint density at radius 2 is 2.13 bits per heavy atom. The predicted molar refractivity (Wildman–Crippen MR) is 90.4 cm³/mol. The van der Waals surface area contributed by atoms with Gasteiger partial charge in [-0.1, -0.05) is 13.0 Å². The minimum absolute atomic E-state index is 0.0586. The second-order valence-corrected chi connectivity index (χ2v) is 7.78. The maximum atomic E-state index is 9.82. The summed E-state index contributed by atoms with van der Waals surface area (Å²) in [7, 11) is 0. The van der Waals surface area contributed by atoms with Gasteiger partial charge in [-0.3, -0.25) is 4.90 Å². The molecule has 23 heavy (non-hydrogen) atoms. The van der Waals surface area contributed by atoms with Gasteiger partial charge in [-0.05, 0) is 55.0 Å². The summed E-state index contributed by atoms with van der Waals surface area (Å²) in [5.41, 5.74) is -0.121. The number of nitrogens with zero attached hydrogens (tertiary/aromatic N) is 5. The molecule has 1 aliphatic rings. The number of rotatable bonds is 5. The van der Waals surface area contributed by atoms with E-state index in [1.807, 2.05) is 4.68 Å². The van der Waals surface area contributed by atoms with E-state index < -0.39 is 0 Å². The minimum atomic E-state index is -0.182. The number of piperidine rings is 1. The van der Waals surface area contributed by atoms with Crippen LogP contribution in [0, 0.1) is 0 Å². The first-order valence-electron chi connectivity index (χ1n) is 8.27. The van der Waals surface area contributed by atoms with Gasteiger partial charge in [0.1, 0.15) is 6.04 Å². The van der Waals surface area contributed by atoms with Crippen molar-refractivity contribution in [1.29, 1.82) is 0 Å². The Morgan fingerprint density at radius 1 is 1.39 bits per heavy atom. The summed E-state index contributed by atoms with van der Waals surface area (Å²) in [5.74, 6) is 0.899. The van der Waals surface area contributed by atoms with Gasteiger partial charge in [0, 0.05) is 18.0 Å². The van der Waals surface area contributed by atoms with Gasteiger partial charge in [-0.15, -0.1) is 16.4 Å². The third-order valence-corrected chi connectivity index (χ3v) is 5.78. The van der Waals surface area contributed by atoms with E-state index in [2.05, 4.69) is 58.7 Å². The molecule has 3 rings (SSSR count). The van der Waals surface area contributed by atoms with Gasteiger partial charge in [0.15, 0.2) is 5.82 Å². The van der Waals surface area contributed by atoms with Crippen LogP contribution in [0.3, 0.4) is 0 Å². The maximum Gasteiger partial charge on any atom is 0.174 e. The Morgan fingerprint density at radius 3 is 2.74 bits per heavy atom. The summed E-state index contributed by atoms with van der Waals surface area (Å²) in [5, 5.41) is 24.6. The molecule has 0 amide bonds. The van der Waals surface area contributed by atoms with Crippen LogP contribution in [0.15, 0.2) is 17.5 Å². The smallest absolute Gasteiger partial charge is 0.174 e. The fourth-order valence-corrected chi connectivity index (χ4v) is 3.86. The number of thiophene rings is 1. The molecule has 1 fully saturated rings. The van der Waals surface area contributed by atoms with E-state index in [9.17, 15) is 5.11 Å². The zero-order chi connectivity index (χ0) is 16.4. The van der Waals surface area contributed by atoms with Crippen molar-refractivity contribution in [3.05, 3.63) is 28.2 Å². The van der Waals surface area contributed by atoms with Crippen LogP contribution < -0.4 is 0 Å². The zero-order valence-corrected chi connectivity index (χ0v) is 14.8. The van der Waals surface area contributed by atoms with Crippen molar-refractivity contribution in [2.45, 2.75) is 57.7 Å². The van der Waals surface area contributed by atoms with Gasteiger partial charge in [0.2, 0.25) is 0 Å². The van der Waals surface area contributed by atoms with Crippen LogP contribution in [0.4, 0.5) is 0 Å². The van der Waals surface area contributed by atoms with Crippen LogP contribution in [0.25, 0.3) is 0 Å². The zero-order valence-electron chi connectivity index (χ0n) is 14.0. The van der Waals surface area contributed by atoms with E-state index in [4.69, 9.17) is 0 Å². The van der Waals surface area contributed by atoms with E-state index >= 15 is 0 Å². The molecule has 2 aromatic rings. The van der Waals surface area contributed by atoms with E-state index in [-0.39, 0.29) is 17.7 Å². The van der Waals surface area contributed by atoms with Gasteiger partial charge in [0.05, 0.1) is 11.6 Å². The maximum absolute atomic E-state index is 9.82. The van der Waals surface area contributed by atoms with Crippen molar-refractivity contribution < 1.29 is 5.11 Å². The number of likely N-dealkylation sites (tertiary alicyclic amines) is 1. The lowest BCUT2D eigenvalue weighted by Crippen LogP contribution is -2.41. The lowest BCUT2D eigenvalue weighted by Gasteiger charge is -2.36. The Kier molecular flexibility index (Phi) is 4.79. The van der Waals surface area contributed by atoms with E-state index in [0.29, 0.717) is 0 Å². The van der Waals surface area contributed by atoms with E-state index in [1.54, 1.807) is 11.3 Å². The summed E-state index contributed by atoms with van der Waals surface area (Å²) in [4.78, 5) is 3.65. The molecule has 1 N–H and O–H groups in total. The van der Waals surface area contributed by atoms with E-state index in [1.165, 1.54) is 4.88 Å². The van der Waals surface area contributed by atoms with Gasteiger partial charge in [-0.25, -0.2) is 4.68 Å². The van der Waals surface area contributed by atoms with Crippen LogP contribution in [0.2, 0.25) is 0 Å². The molecule has 0 aliphatic carbocycles. The molecule has 7 heteroatoms. The molecule has 1 atom stereocenters. The molecule has 6 nitrogen and oxygen atoms in total. The number of aliphatic hydroxyl groups excluding tert-OH is 1. The number of hydrogen-bond donors (Lipinski definition) is 1. The first-order valence-corrected chi connectivity index (χ1v) is 9.15. The quantitative estimate of drug-likeness (QED) is 0.909.